The van der Waals surface area contributed by atoms with Crippen molar-refractivity contribution in [1.29, 1.82) is 0 Å². The lowest BCUT2D eigenvalue weighted by Gasteiger charge is -2.61. The smallest absolute Gasteiger partial charge is 0.321 e. The van der Waals surface area contributed by atoms with Crippen molar-refractivity contribution in [1.82, 2.24) is 10.6 Å². The first-order valence-electron chi connectivity index (χ1n) is 12.6. The number of ether oxygens (including phenoxy) is 1. The Morgan fingerprint density at radius 1 is 1.00 bits per heavy atom. The standard InChI is InChI=1S/C27H36N2O4/c1-17-7-8-21(9-18(17)2)26-11-19-10-20(12-26)14-27(13-19,16-26)24(31)33-15-23(30)29-25(32)28-22-5-3-4-6-22/h7-9,19-20,22H,3-6,10-16H2,1-2H3,(H2,28,29,30,32). The van der Waals surface area contributed by atoms with Crippen LogP contribution >= 0.6 is 0 Å². The molecular formula is C27H36N2O4. The van der Waals surface area contributed by atoms with Gasteiger partial charge in [0.05, 0.1) is 5.41 Å². The summed E-state index contributed by atoms with van der Waals surface area (Å²) in [6.07, 6.45) is 10.1. The Hall–Kier alpha value is -2.37. The van der Waals surface area contributed by atoms with E-state index in [0.29, 0.717) is 11.8 Å². The van der Waals surface area contributed by atoms with Crippen molar-refractivity contribution in [2.45, 2.75) is 89.5 Å². The molecule has 178 valence electrons. The fraction of sp³-hybridized carbons (Fsp3) is 0.667. The molecule has 1 aromatic rings. The number of nitrogens with one attached hydrogen (secondary N) is 2. The highest BCUT2D eigenvalue weighted by Gasteiger charge is 2.61. The molecule has 5 aliphatic carbocycles. The maximum atomic E-state index is 13.4. The molecule has 2 unspecified atom stereocenters. The molecule has 5 fully saturated rings. The van der Waals surface area contributed by atoms with Crippen LogP contribution in [0.15, 0.2) is 18.2 Å². The maximum absolute atomic E-state index is 13.4. The Morgan fingerprint density at radius 2 is 1.70 bits per heavy atom. The summed E-state index contributed by atoms with van der Waals surface area (Å²) in [7, 11) is 0. The second-order valence-corrected chi connectivity index (χ2v) is 11.4. The number of aryl methyl sites for hydroxylation is 2. The number of carbonyl (C=O) groups is 3. The second-order valence-electron chi connectivity index (χ2n) is 11.4. The normalized spacial score (nSPS) is 32.5. The average Bonchev–Trinajstić information content (AvgIpc) is 3.25. The average molecular weight is 453 g/mol. The van der Waals surface area contributed by atoms with Gasteiger partial charge >= 0.3 is 12.0 Å². The van der Waals surface area contributed by atoms with E-state index in [-0.39, 0.29) is 17.4 Å². The molecule has 2 N–H and O–H groups in total. The van der Waals surface area contributed by atoms with Gasteiger partial charge in [0, 0.05) is 6.04 Å². The molecule has 6 nitrogen and oxygen atoms in total. The van der Waals surface area contributed by atoms with Crippen molar-refractivity contribution in [2.75, 3.05) is 6.61 Å². The highest BCUT2D eigenvalue weighted by molar-refractivity contribution is 5.95. The van der Waals surface area contributed by atoms with Crippen LogP contribution in [-0.2, 0) is 19.7 Å². The summed E-state index contributed by atoms with van der Waals surface area (Å²) in [6, 6.07) is 6.42. The van der Waals surface area contributed by atoms with Crippen LogP contribution in [-0.4, -0.2) is 30.6 Å². The van der Waals surface area contributed by atoms with Crippen LogP contribution in [0.1, 0.15) is 80.9 Å². The molecule has 4 bridgehead atoms. The molecule has 0 aromatic heterocycles. The number of hydrogen-bond donors (Lipinski definition) is 2. The van der Waals surface area contributed by atoms with Crippen LogP contribution in [0.4, 0.5) is 4.79 Å². The molecule has 0 aliphatic heterocycles. The summed E-state index contributed by atoms with van der Waals surface area (Å²) in [5.41, 5.74) is 3.48. The monoisotopic (exact) mass is 452 g/mol. The van der Waals surface area contributed by atoms with E-state index in [9.17, 15) is 14.4 Å². The van der Waals surface area contributed by atoms with Crippen molar-refractivity contribution in [3.05, 3.63) is 34.9 Å². The second kappa shape index (κ2) is 8.44. The molecule has 6 rings (SSSR count). The van der Waals surface area contributed by atoms with E-state index in [0.717, 1.165) is 57.8 Å². The van der Waals surface area contributed by atoms with Crippen LogP contribution in [0.3, 0.4) is 0 Å². The van der Waals surface area contributed by atoms with Gasteiger partial charge in [-0.15, -0.1) is 0 Å². The Morgan fingerprint density at radius 3 is 2.36 bits per heavy atom. The lowest BCUT2D eigenvalue weighted by Crippen LogP contribution is -2.57. The third-order valence-electron chi connectivity index (χ3n) is 8.89. The van der Waals surface area contributed by atoms with Crippen LogP contribution in [0.25, 0.3) is 0 Å². The first kappa shape index (κ1) is 22.4. The number of benzene rings is 1. The predicted molar refractivity (Wildman–Crippen MR) is 125 cm³/mol. The van der Waals surface area contributed by atoms with Crippen LogP contribution < -0.4 is 10.6 Å². The van der Waals surface area contributed by atoms with Gasteiger partial charge in [-0.05, 0) is 99.2 Å². The van der Waals surface area contributed by atoms with Gasteiger partial charge in [-0.3, -0.25) is 14.9 Å². The summed E-state index contributed by atoms with van der Waals surface area (Å²) in [6.45, 7) is 3.90. The lowest BCUT2D eigenvalue weighted by molar-refractivity contribution is -0.175. The van der Waals surface area contributed by atoms with Gasteiger partial charge in [0.1, 0.15) is 0 Å². The van der Waals surface area contributed by atoms with Crippen molar-refractivity contribution in [2.24, 2.45) is 17.3 Å². The summed E-state index contributed by atoms with van der Waals surface area (Å²) in [5.74, 6) is 0.251. The molecule has 3 amide bonds. The lowest BCUT2D eigenvalue weighted by atomic mass is 9.43. The largest absolute Gasteiger partial charge is 0.455 e. The Kier molecular flexibility index (Phi) is 5.74. The predicted octanol–water partition coefficient (Wildman–Crippen LogP) is 4.45. The Bertz CT molecular complexity index is 951. The third-order valence-corrected chi connectivity index (χ3v) is 8.89. The third kappa shape index (κ3) is 4.29. The number of urea groups is 1. The van der Waals surface area contributed by atoms with E-state index in [1.807, 2.05) is 0 Å². The van der Waals surface area contributed by atoms with Crippen molar-refractivity contribution < 1.29 is 19.1 Å². The zero-order valence-electron chi connectivity index (χ0n) is 19.9. The minimum atomic E-state index is -0.563. The van der Waals surface area contributed by atoms with Crippen LogP contribution in [0.5, 0.6) is 0 Å². The molecule has 0 spiro atoms. The minimum absolute atomic E-state index is 0.0327. The van der Waals surface area contributed by atoms with E-state index in [1.54, 1.807) is 0 Å². The molecule has 5 saturated carbocycles. The molecule has 5 aliphatic rings. The fourth-order valence-electron chi connectivity index (χ4n) is 7.65. The van der Waals surface area contributed by atoms with E-state index >= 15 is 0 Å². The summed E-state index contributed by atoms with van der Waals surface area (Å²) in [4.78, 5) is 37.7. The quantitative estimate of drug-likeness (QED) is 0.647. The van der Waals surface area contributed by atoms with E-state index in [1.165, 1.54) is 23.1 Å². The van der Waals surface area contributed by atoms with Crippen molar-refractivity contribution in [3.8, 4) is 0 Å². The SMILES string of the molecule is Cc1ccc(C23CC4CC(CC(C(=O)OCC(=O)NC(=O)NC5CCCC5)(C4)C2)C3)cc1C. The highest BCUT2D eigenvalue weighted by atomic mass is 16.5. The van der Waals surface area contributed by atoms with Gasteiger partial charge in [-0.2, -0.15) is 0 Å². The zero-order valence-corrected chi connectivity index (χ0v) is 19.9. The highest BCUT2D eigenvalue weighted by Crippen LogP contribution is 2.66. The molecule has 33 heavy (non-hydrogen) atoms. The van der Waals surface area contributed by atoms with Gasteiger partial charge in [0.15, 0.2) is 6.61 Å². The van der Waals surface area contributed by atoms with Gasteiger partial charge in [0.2, 0.25) is 0 Å². The number of amides is 3. The number of imide groups is 1. The van der Waals surface area contributed by atoms with Crippen LogP contribution in [0.2, 0.25) is 0 Å². The zero-order chi connectivity index (χ0) is 23.2. The molecule has 6 heteroatoms. The van der Waals surface area contributed by atoms with Gasteiger partial charge < -0.3 is 10.1 Å². The van der Waals surface area contributed by atoms with Gasteiger partial charge in [-0.25, -0.2) is 4.79 Å². The van der Waals surface area contributed by atoms with E-state index < -0.39 is 24.0 Å². The molecule has 0 saturated heterocycles. The molecular weight excluding hydrogens is 416 g/mol. The van der Waals surface area contributed by atoms with Crippen molar-refractivity contribution in [3.63, 3.8) is 0 Å². The Balaban J connectivity index is 1.24. The number of rotatable bonds is 5. The molecule has 1 aromatic carbocycles. The molecule has 2 atom stereocenters. The van der Waals surface area contributed by atoms with E-state index in [4.69, 9.17) is 4.74 Å². The number of hydrogen-bond acceptors (Lipinski definition) is 4. The van der Waals surface area contributed by atoms with Gasteiger partial charge in [-0.1, -0.05) is 31.0 Å². The number of carbonyl (C=O) groups excluding carboxylic acids is 3. The minimum Gasteiger partial charge on any atom is -0.455 e. The molecule has 0 radical (unpaired) electrons. The van der Waals surface area contributed by atoms with E-state index in [2.05, 4.69) is 42.7 Å². The van der Waals surface area contributed by atoms with Crippen LogP contribution in [0, 0.1) is 31.1 Å². The van der Waals surface area contributed by atoms with Gasteiger partial charge in [0.25, 0.3) is 5.91 Å². The fourth-order valence-corrected chi connectivity index (χ4v) is 7.65. The molecule has 0 heterocycles. The Labute approximate surface area is 196 Å². The maximum Gasteiger partial charge on any atom is 0.321 e. The topological polar surface area (TPSA) is 84.5 Å². The van der Waals surface area contributed by atoms with Crippen molar-refractivity contribution >= 4 is 17.9 Å². The first-order valence-corrected chi connectivity index (χ1v) is 12.6. The number of esters is 1. The first-order chi connectivity index (χ1) is 15.8. The summed E-state index contributed by atoms with van der Waals surface area (Å²) < 4.78 is 5.55. The summed E-state index contributed by atoms with van der Waals surface area (Å²) >= 11 is 0. The summed E-state index contributed by atoms with van der Waals surface area (Å²) in [5, 5.41) is 5.14.